The molecule has 1 amide bonds. The number of carbonyl (C=O) groups is 1. The Bertz CT molecular complexity index is 879. The normalized spacial score (nSPS) is 11.3. The van der Waals surface area contributed by atoms with Crippen LogP contribution in [0.4, 0.5) is 5.13 Å². The summed E-state index contributed by atoms with van der Waals surface area (Å²) in [4.78, 5) is 16.5. The zero-order valence-electron chi connectivity index (χ0n) is 12.1. The standard InChI is InChI=1S/C17H12Cl2N2OS/c1-10-6-8-13(19)16-15(10)21-17(23-16)20-14(22)9-7-11-4-2-3-5-12(11)18/h2-9H,1H3,(H,20,21,22)/b9-7+. The molecule has 0 bridgehead atoms. The van der Waals surface area contributed by atoms with E-state index in [2.05, 4.69) is 10.3 Å². The molecular weight excluding hydrogens is 351 g/mol. The molecule has 0 fully saturated rings. The van der Waals surface area contributed by atoms with E-state index in [1.165, 1.54) is 17.4 Å². The van der Waals surface area contributed by atoms with Crippen LogP contribution in [0.15, 0.2) is 42.5 Å². The number of rotatable bonds is 3. The Morgan fingerprint density at radius 2 is 1.96 bits per heavy atom. The minimum atomic E-state index is -0.266. The highest BCUT2D eigenvalue weighted by Gasteiger charge is 2.10. The lowest BCUT2D eigenvalue weighted by atomic mass is 10.2. The van der Waals surface area contributed by atoms with E-state index in [9.17, 15) is 4.79 Å². The van der Waals surface area contributed by atoms with E-state index >= 15 is 0 Å². The molecule has 23 heavy (non-hydrogen) atoms. The SMILES string of the molecule is Cc1ccc(Cl)c2sc(NC(=O)/C=C/c3ccccc3Cl)nc12. The van der Waals surface area contributed by atoms with E-state index < -0.39 is 0 Å². The molecule has 3 aromatic rings. The van der Waals surface area contributed by atoms with Gasteiger partial charge in [-0.3, -0.25) is 10.1 Å². The Morgan fingerprint density at radius 1 is 1.17 bits per heavy atom. The molecule has 0 saturated carbocycles. The summed E-state index contributed by atoms with van der Waals surface area (Å²) in [7, 11) is 0. The predicted octanol–water partition coefficient (Wildman–Crippen LogP) is 5.56. The number of benzene rings is 2. The third-order valence-electron chi connectivity index (χ3n) is 3.25. The van der Waals surface area contributed by atoms with E-state index in [1.807, 2.05) is 37.3 Å². The highest BCUT2D eigenvalue weighted by Crippen LogP contribution is 2.33. The van der Waals surface area contributed by atoms with E-state index in [-0.39, 0.29) is 5.91 Å². The van der Waals surface area contributed by atoms with E-state index in [0.29, 0.717) is 15.2 Å². The molecule has 0 spiro atoms. The molecule has 2 aromatic carbocycles. The van der Waals surface area contributed by atoms with E-state index in [0.717, 1.165) is 21.3 Å². The number of hydrogen-bond acceptors (Lipinski definition) is 3. The largest absolute Gasteiger partial charge is 0.298 e. The molecule has 0 unspecified atom stereocenters. The molecule has 0 aliphatic heterocycles. The lowest BCUT2D eigenvalue weighted by Gasteiger charge is -1.97. The van der Waals surface area contributed by atoms with Crippen LogP contribution in [0.25, 0.3) is 16.3 Å². The van der Waals surface area contributed by atoms with Crippen LogP contribution in [-0.4, -0.2) is 10.9 Å². The highest BCUT2D eigenvalue weighted by molar-refractivity contribution is 7.23. The first-order valence-corrected chi connectivity index (χ1v) is 8.41. The van der Waals surface area contributed by atoms with Crippen LogP contribution >= 0.6 is 34.5 Å². The first-order valence-electron chi connectivity index (χ1n) is 6.84. The van der Waals surface area contributed by atoms with Gasteiger partial charge in [0.25, 0.3) is 0 Å². The van der Waals surface area contributed by atoms with Crippen LogP contribution in [0.1, 0.15) is 11.1 Å². The number of aromatic nitrogens is 1. The molecule has 6 heteroatoms. The molecule has 1 N–H and O–H groups in total. The van der Waals surface area contributed by atoms with Crippen molar-refractivity contribution in [1.29, 1.82) is 0 Å². The molecule has 3 nitrogen and oxygen atoms in total. The third-order valence-corrected chi connectivity index (χ3v) is 5.02. The zero-order valence-corrected chi connectivity index (χ0v) is 14.5. The van der Waals surface area contributed by atoms with Gasteiger partial charge >= 0.3 is 0 Å². The molecule has 0 aliphatic carbocycles. The van der Waals surface area contributed by atoms with Gasteiger partial charge < -0.3 is 0 Å². The van der Waals surface area contributed by atoms with Gasteiger partial charge in [-0.05, 0) is 36.3 Å². The summed E-state index contributed by atoms with van der Waals surface area (Å²) < 4.78 is 0.872. The Morgan fingerprint density at radius 3 is 2.70 bits per heavy atom. The minimum Gasteiger partial charge on any atom is -0.298 e. The summed E-state index contributed by atoms with van der Waals surface area (Å²) in [6, 6.07) is 11.1. The lowest BCUT2D eigenvalue weighted by Crippen LogP contribution is -2.07. The predicted molar refractivity (Wildman–Crippen MR) is 98.5 cm³/mol. The number of thiazole rings is 1. The molecule has 0 aliphatic rings. The Labute approximate surface area is 147 Å². The summed E-state index contributed by atoms with van der Waals surface area (Å²) in [5, 5.41) is 4.50. The Kier molecular flexibility index (Phi) is 4.66. The smallest absolute Gasteiger partial charge is 0.250 e. The van der Waals surface area contributed by atoms with Gasteiger partial charge in [0, 0.05) is 11.1 Å². The molecule has 116 valence electrons. The number of anilines is 1. The van der Waals surface area contributed by atoms with Gasteiger partial charge in [-0.1, -0.05) is 58.8 Å². The first kappa shape index (κ1) is 16.0. The summed E-state index contributed by atoms with van der Waals surface area (Å²) in [5.74, 6) is -0.266. The number of amides is 1. The van der Waals surface area contributed by atoms with Crippen molar-refractivity contribution in [2.24, 2.45) is 0 Å². The summed E-state index contributed by atoms with van der Waals surface area (Å²) in [6.07, 6.45) is 3.10. The molecular formula is C17H12Cl2N2OS. The van der Waals surface area contributed by atoms with Crippen molar-refractivity contribution in [2.45, 2.75) is 6.92 Å². The van der Waals surface area contributed by atoms with Crippen LogP contribution in [-0.2, 0) is 4.79 Å². The van der Waals surface area contributed by atoms with Crippen molar-refractivity contribution in [2.75, 3.05) is 5.32 Å². The number of fused-ring (bicyclic) bond motifs is 1. The monoisotopic (exact) mass is 362 g/mol. The first-order chi connectivity index (χ1) is 11.0. The second kappa shape index (κ2) is 6.71. The lowest BCUT2D eigenvalue weighted by molar-refractivity contribution is -0.111. The van der Waals surface area contributed by atoms with Gasteiger partial charge in [0.2, 0.25) is 5.91 Å². The van der Waals surface area contributed by atoms with Gasteiger partial charge in [0.1, 0.15) is 0 Å². The number of hydrogen-bond donors (Lipinski definition) is 1. The minimum absolute atomic E-state index is 0.266. The third kappa shape index (κ3) is 3.55. The second-order valence-electron chi connectivity index (χ2n) is 4.91. The number of halogens is 2. The fraction of sp³-hybridized carbons (Fsp3) is 0.0588. The second-order valence-corrected chi connectivity index (χ2v) is 6.72. The number of nitrogens with one attached hydrogen (secondary N) is 1. The van der Waals surface area contributed by atoms with E-state index in [4.69, 9.17) is 23.2 Å². The zero-order chi connectivity index (χ0) is 16.4. The summed E-state index contributed by atoms with van der Waals surface area (Å²) >= 11 is 13.6. The van der Waals surface area contributed by atoms with Crippen molar-refractivity contribution in [3.63, 3.8) is 0 Å². The van der Waals surface area contributed by atoms with Crippen molar-refractivity contribution < 1.29 is 4.79 Å². The van der Waals surface area contributed by atoms with E-state index in [1.54, 1.807) is 12.1 Å². The molecule has 0 radical (unpaired) electrons. The Balaban J connectivity index is 1.79. The van der Waals surface area contributed by atoms with Gasteiger partial charge in [-0.2, -0.15) is 0 Å². The average molecular weight is 363 g/mol. The summed E-state index contributed by atoms with van der Waals surface area (Å²) in [6.45, 7) is 1.96. The number of nitrogens with zero attached hydrogens (tertiary/aromatic N) is 1. The van der Waals surface area contributed by atoms with Crippen LogP contribution in [0.2, 0.25) is 10.0 Å². The highest BCUT2D eigenvalue weighted by atomic mass is 35.5. The molecule has 1 aromatic heterocycles. The molecule has 0 saturated heterocycles. The quantitative estimate of drug-likeness (QED) is 0.619. The Hall–Kier alpha value is -1.88. The van der Waals surface area contributed by atoms with Crippen molar-refractivity contribution in [3.8, 4) is 0 Å². The maximum Gasteiger partial charge on any atom is 0.250 e. The van der Waals surface area contributed by atoms with Crippen molar-refractivity contribution >= 4 is 61.9 Å². The molecule has 3 rings (SSSR count). The van der Waals surface area contributed by atoms with Gasteiger partial charge in [-0.15, -0.1) is 0 Å². The van der Waals surface area contributed by atoms with Crippen LogP contribution in [0.5, 0.6) is 0 Å². The van der Waals surface area contributed by atoms with Gasteiger partial charge in [0.05, 0.1) is 15.2 Å². The van der Waals surface area contributed by atoms with Gasteiger partial charge in [0.15, 0.2) is 5.13 Å². The van der Waals surface area contributed by atoms with Crippen molar-refractivity contribution in [3.05, 3.63) is 63.6 Å². The average Bonchev–Trinajstić information content (AvgIpc) is 2.95. The fourth-order valence-electron chi connectivity index (χ4n) is 2.08. The van der Waals surface area contributed by atoms with Gasteiger partial charge in [-0.25, -0.2) is 4.98 Å². The van der Waals surface area contributed by atoms with Crippen LogP contribution < -0.4 is 5.32 Å². The fourth-order valence-corrected chi connectivity index (χ4v) is 3.50. The van der Waals surface area contributed by atoms with Crippen LogP contribution in [0.3, 0.4) is 0 Å². The number of aryl methyl sites for hydroxylation is 1. The maximum absolute atomic E-state index is 12.0. The maximum atomic E-state index is 12.0. The summed E-state index contributed by atoms with van der Waals surface area (Å²) in [5.41, 5.74) is 2.62. The van der Waals surface area contributed by atoms with Crippen molar-refractivity contribution in [1.82, 2.24) is 4.98 Å². The van der Waals surface area contributed by atoms with Crippen LogP contribution in [0, 0.1) is 6.92 Å². The topological polar surface area (TPSA) is 42.0 Å². The number of carbonyl (C=O) groups excluding carboxylic acids is 1. The molecule has 1 heterocycles. The molecule has 0 atom stereocenters.